The first-order chi connectivity index (χ1) is 17.5. The summed E-state index contributed by atoms with van der Waals surface area (Å²) in [4.78, 5) is 13.3. The molecule has 0 saturated heterocycles. The van der Waals surface area contributed by atoms with Crippen molar-refractivity contribution in [3.63, 3.8) is 0 Å². The van der Waals surface area contributed by atoms with Gasteiger partial charge in [-0.1, -0.05) is 18.2 Å². The number of benzene rings is 3. The summed E-state index contributed by atoms with van der Waals surface area (Å²) in [6.45, 7) is 1.78. The van der Waals surface area contributed by atoms with E-state index in [0.29, 0.717) is 51.0 Å². The van der Waals surface area contributed by atoms with Crippen LogP contribution in [0.4, 0.5) is 0 Å². The lowest BCUT2D eigenvalue weighted by Gasteiger charge is -2.31. The van der Waals surface area contributed by atoms with Crippen LogP contribution < -0.4 is 23.7 Å². The summed E-state index contributed by atoms with van der Waals surface area (Å²) in [6.07, 6.45) is -1.16. The highest BCUT2D eigenvalue weighted by Crippen LogP contribution is 2.48. The standard InChI is InChI=1S/C28H26O8/c1-16(14-29)35-20-9-11-22-21(13-20)25(17-4-7-19(31-2)8-5-17)26(28(30)32-3)27(36-22)18-6-10-23-24(12-18)34-15-33-23/h4-13,16,27,29H,14-15H2,1-3H3. The van der Waals surface area contributed by atoms with Crippen LogP contribution in [0.25, 0.3) is 5.57 Å². The minimum atomic E-state index is -0.764. The van der Waals surface area contributed by atoms with Crippen LogP contribution in [0.15, 0.2) is 66.2 Å². The molecule has 8 heteroatoms. The summed E-state index contributed by atoms with van der Waals surface area (Å²) in [5.41, 5.74) is 3.14. The van der Waals surface area contributed by atoms with Crippen LogP contribution in [0.2, 0.25) is 0 Å². The lowest BCUT2D eigenvalue weighted by molar-refractivity contribution is -0.137. The molecule has 1 N–H and O–H groups in total. The zero-order valence-electron chi connectivity index (χ0n) is 20.1. The molecule has 2 aliphatic rings. The molecular weight excluding hydrogens is 464 g/mol. The van der Waals surface area contributed by atoms with Crippen LogP contribution in [0.5, 0.6) is 28.7 Å². The van der Waals surface area contributed by atoms with E-state index in [1.54, 1.807) is 38.3 Å². The molecule has 36 heavy (non-hydrogen) atoms. The van der Waals surface area contributed by atoms with Crippen molar-refractivity contribution in [1.82, 2.24) is 0 Å². The van der Waals surface area contributed by atoms with Crippen molar-refractivity contribution >= 4 is 11.5 Å². The Morgan fingerprint density at radius 1 is 0.972 bits per heavy atom. The van der Waals surface area contributed by atoms with Crippen molar-refractivity contribution in [3.8, 4) is 28.7 Å². The zero-order valence-corrected chi connectivity index (χ0v) is 20.1. The Kier molecular flexibility index (Phi) is 6.43. The Morgan fingerprint density at radius 3 is 2.42 bits per heavy atom. The monoisotopic (exact) mass is 490 g/mol. The highest BCUT2D eigenvalue weighted by Gasteiger charge is 2.36. The van der Waals surface area contributed by atoms with Gasteiger partial charge < -0.3 is 33.5 Å². The van der Waals surface area contributed by atoms with Gasteiger partial charge in [-0.3, -0.25) is 0 Å². The fraction of sp³-hybridized carbons (Fsp3) is 0.250. The number of methoxy groups -OCH3 is 2. The summed E-state index contributed by atoms with van der Waals surface area (Å²) in [7, 11) is 2.94. The molecule has 0 spiro atoms. The van der Waals surface area contributed by atoms with Gasteiger partial charge in [-0.15, -0.1) is 0 Å². The third kappa shape index (κ3) is 4.31. The lowest BCUT2D eigenvalue weighted by atomic mass is 9.85. The van der Waals surface area contributed by atoms with E-state index in [0.717, 1.165) is 5.56 Å². The highest BCUT2D eigenvalue weighted by atomic mass is 16.7. The first-order valence-electron chi connectivity index (χ1n) is 11.5. The minimum absolute atomic E-state index is 0.131. The molecule has 0 bridgehead atoms. The van der Waals surface area contributed by atoms with Gasteiger partial charge in [-0.05, 0) is 55.0 Å². The average Bonchev–Trinajstić information content (AvgIpc) is 3.39. The summed E-state index contributed by atoms with van der Waals surface area (Å²) >= 11 is 0. The molecule has 0 amide bonds. The van der Waals surface area contributed by atoms with Gasteiger partial charge in [-0.25, -0.2) is 4.79 Å². The van der Waals surface area contributed by atoms with E-state index in [1.165, 1.54) is 7.11 Å². The van der Waals surface area contributed by atoms with Crippen LogP contribution in [-0.4, -0.2) is 44.8 Å². The predicted molar refractivity (Wildman–Crippen MR) is 131 cm³/mol. The molecular formula is C28H26O8. The SMILES string of the molecule is COC(=O)C1=C(c2ccc(OC)cc2)c2cc(OC(C)CO)ccc2OC1c1ccc2c(c1)OCO2. The normalized spacial score (nSPS) is 16.6. The summed E-state index contributed by atoms with van der Waals surface area (Å²) in [5, 5.41) is 9.44. The van der Waals surface area contributed by atoms with Gasteiger partial charge in [-0.2, -0.15) is 0 Å². The molecule has 0 fully saturated rings. The average molecular weight is 491 g/mol. The molecule has 2 unspecified atom stereocenters. The van der Waals surface area contributed by atoms with Crippen LogP contribution in [0.3, 0.4) is 0 Å². The third-order valence-electron chi connectivity index (χ3n) is 6.07. The molecule has 0 aromatic heterocycles. The van der Waals surface area contributed by atoms with Gasteiger partial charge in [0.05, 0.1) is 26.4 Å². The largest absolute Gasteiger partial charge is 0.497 e. The van der Waals surface area contributed by atoms with E-state index in [2.05, 4.69) is 0 Å². The molecule has 8 nitrogen and oxygen atoms in total. The predicted octanol–water partition coefficient (Wildman–Crippen LogP) is 4.29. The van der Waals surface area contributed by atoms with Gasteiger partial charge >= 0.3 is 5.97 Å². The molecule has 2 atom stereocenters. The van der Waals surface area contributed by atoms with Crippen molar-refractivity contribution in [1.29, 1.82) is 0 Å². The number of aliphatic hydroxyl groups excluding tert-OH is 1. The Morgan fingerprint density at radius 2 is 1.69 bits per heavy atom. The number of aliphatic hydroxyl groups is 1. The van der Waals surface area contributed by atoms with Gasteiger partial charge in [0.25, 0.3) is 0 Å². The first-order valence-corrected chi connectivity index (χ1v) is 11.5. The highest BCUT2D eigenvalue weighted by molar-refractivity contribution is 6.04. The first kappa shape index (κ1) is 23.6. The van der Waals surface area contributed by atoms with E-state index >= 15 is 0 Å². The Balaban J connectivity index is 1.72. The topological polar surface area (TPSA) is 92.7 Å². The third-order valence-corrected chi connectivity index (χ3v) is 6.07. The summed E-state index contributed by atoms with van der Waals surface area (Å²) < 4.78 is 33.8. The Labute approximate surface area is 208 Å². The van der Waals surface area contributed by atoms with Crippen molar-refractivity contribution < 1.29 is 38.3 Å². The van der Waals surface area contributed by atoms with E-state index in [1.807, 2.05) is 36.4 Å². The van der Waals surface area contributed by atoms with E-state index in [9.17, 15) is 9.90 Å². The molecule has 5 rings (SSSR count). The van der Waals surface area contributed by atoms with Crippen molar-refractivity contribution in [3.05, 3.63) is 82.9 Å². The van der Waals surface area contributed by atoms with Crippen molar-refractivity contribution in [2.24, 2.45) is 0 Å². The van der Waals surface area contributed by atoms with E-state index in [4.69, 9.17) is 28.4 Å². The van der Waals surface area contributed by atoms with Gasteiger partial charge in [0, 0.05) is 16.7 Å². The smallest absolute Gasteiger partial charge is 0.338 e. The number of hydrogen-bond donors (Lipinski definition) is 1. The zero-order chi connectivity index (χ0) is 25.2. The molecule has 186 valence electrons. The van der Waals surface area contributed by atoms with E-state index in [-0.39, 0.29) is 13.4 Å². The second-order valence-corrected chi connectivity index (χ2v) is 8.39. The number of esters is 1. The second kappa shape index (κ2) is 9.83. The number of ether oxygens (including phenoxy) is 6. The minimum Gasteiger partial charge on any atom is -0.497 e. The molecule has 3 aromatic carbocycles. The Hall–Kier alpha value is -4.17. The fourth-order valence-electron chi connectivity index (χ4n) is 4.31. The van der Waals surface area contributed by atoms with Crippen LogP contribution in [-0.2, 0) is 9.53 Å². The number of fused-ring (bicyclic) bond motifs is 2. The second-order valence-electron chi connectivity index (χ2n) is 8.39. The Bertz CT molecular complexity index is 1310. The number of carbonyl (C=O) groups excluding carboxylic acids is 1. The van der Waals surface area contributed by atoms with Crippen molar-refractivity contribution in [2.45, 2.75) is 19.1 Å². The van der Waals surface area contributed by atoms with Gasteiger partial charge in [0.15, 0.2) is 17.6 Å². The maximum Gasteiger partial charge on any atom is 0.338 e. The van der Waals surface area contributed by atoms with E-state index < -0.39 is 18.2 Å². The molecule has 2 heterocycles. The maximum atomic E-state index is 13.3. The molecule has 0 radical (unpaired) electrons. The number of carbonyl (C=O) groups is 1. The van der Waals surface area contributed by atoms with Gasteiger partial charge in [0.1, 0.15) is 23.4 Å². The molecule has 3 aromatic rings. The molecule has 2 aliphatic heterocycles. The van der Waals surface area contributed by atoms with Crippen molar-refractivity contribution in [2.75, 3.05) is 27.6 Å². The maximum absolute atomic E-state index is 13.3. The molecule has 0 aliphatic carbocycles. The quantitative estimate of drug-likeness (QED) is 0.491. The van der Waals surface area contributed by atoms with Crippen LogP contribution in [0.1, 0.15) is 29.7 Å². The fourth-order valence-corrected chi connectivity index (χ4v) is 4.31. The lowest BCUT2D eigenvalue weighted by Crippen LogP contribution is -2.24. The summed E-state index contributed by atoms with van der Waals surface area (Å²) in [5.74, 6) is 2.49. The number of rotatable bonds is 7. The molecule has 0 saturated carbocycles. The van der Waals surface area contributed by atoms with Crippen LogP contribution in [0, 0.1) is 0 Å². The summed E-state index contributed by atoms with van der Waals surface area (Å²) in [6, 6.07) is 18.3. The van der Waals surface area contributed by atoms with Crippen LogP contribution >= 0.6 is 0 Å². The number of hydrogen-bond acceptors (Lipinski definition) is 8. The van der Waals surface area contributed by atoms with Gasteiger partial charge in [0.2, 0.25) is 6.79 Å².